The van der Waals surface area contributed by atoms with Gasteiger partial charge in [0.05, 0.1) is 12.3 Å². The smallest absolute Gasteiger partial charge is 0.407 e. The summed E-state index contributed by atoms with van der Waals surface area (Å²) in [6, 6.07) is 5.21. The Hall–Kier alpha value is -1.76. The zero-order valence-corrected chi connectivity index (χ0v) is 14.3. The lowest BCUT2D eigenvalue weighted by molar-refractivity contribution is 0.0520. The number of carbonyl (C=O) groups is 1. The average Bonchev–Trinajstić information content (AvgIpc) is 2.33. The number of hydrogen-bond acceptors (Lipinski definition) is 5. The second-order valence-corrected chi connectivity index (χ2v) is 7.30. The molecule has 0 bridgehead atoms. The highest BCUT2D eigenvalue weighted by Gasteiger charge is 2.15. The lowest BCUT2D eigenvalue weighted by Gasteiger charge is -2.19. The Morgan fingerprint density at radius 2 is 2.05 bits per heavy atom. The minimum Gasteiger partial charge on any atom is -0.491 e. The molecule has 0 fully saturated rings. The summed E-state index contributed by atoms with van der Waals surface area (Å²) in [5.41, 5.74) is 6.59. The van der Waals surface area contributed by atoms with Crippen LogP contribution in [0.25, 0.3) is 0 Å². The number of anilines is 1. The van der Waals surface area contributed by atoms with Crippen molar-refractivity contribution in [2.45, 2.75) is 32.1 Å². The maximum atomic E-state index is 11.5. The molecule has 1 aromatic rings. The Bertz CT molecular complexity index is 541. The quantitative estimate of drug-likeness (QED) is 0.616. The van der Waals surface area contributed by atoms with Crippen LogP contribution in [0.4, 0.5) is 10.5 Å². The zero-order chi connectivity index (χ0) is 16.8. The molecule has 0 aromatic heterocycles. The summed E-state index contributed by atoms with van der Waals surface area (Å²) in [5.74, 6) is 0.996. The van der Waals surface area contributed by atoms with Gasteiger partial charge in [-0.25, -0.2) is 4.79 Å². The van der Waals surface area contributed by atoms with Gasteiger partial charge in [0.1, 0.15) is 18.0 Å². The van der Waals surface area contributed by atoms with Crippen LogP contribution in [-0.4, -0.2) is 35.3 Å². The fraction of sp³-hybridized carbons (Fsp3) is 0.533. The molecule has 22 heavy (non-hydrogen) atoms. The van der Waals surface area contributed by atoms with Gasteiger partial charge in [0.15, 0.2) is 0 Å². The Balaban J connectivity index is 2.48. The van der Waals surface area contributed by atoms with Crippen molar-refractivity contribution in [1.82, 2.24) is 5.32 Å². The fourth-order valence-corrected chi connectivity index (χ4v) is 2.36. The van der Waals surface area contributed by atoms with E-state index in [0.717, 1.165) is 5.56 Å². The number of ether oxygens (including phenoxy) is 2. The summed E-state index contributed by atoms with van der Waals surface area (Å²) < 4.78 is 22.1. The molecule has 1 unspecified atom stereocenters. The van der Waals surface area contributed by atoms with Gasteiger partial charge in [-0.2, -0.15) is 0 Å². The number of alkyl carbamates (subject to hydrolysis) is 1. The molecule has 1 atom stereocenters. The van der Waals surface area contributed by atoms with Gasteiger partial charge in [-0.3, -0.25) is 4.21 Å². The lowest BCUT2D eigenvalue weighted by Crippen LogP contribution is -2.34. The fourth-order valence-electron chi connectivity index (χ4n) is 1.70. The van der Waals surface area contributed by atoms with Crippen LogP contribution in [0.15, 0.2) is 18.2 Å². The molecule has 0 radical (unpaired) electrons. The molecule has 1 amide bonds. The molecule has 124 valence electrons. The molecular formula is C15H24N2O4S. The highest BCUT2D eigenvalue weighted by atomic mass is 32.2. The Morgan fingerprint density at radius 3 is 2.64 bits per heavy atom. The number of nitrogens with one attached hydrogen (secondary N) is 1. The average molecular weight is 328 g/mol. The van der Waals surface area contributed by atoms with Crippen molar-refractivity contribution in [1.29, 1.82) is 0 Å². The first-order valence-electron chi connectivity index (χ1n) is 6.95. The monoisotopic (exact) mass is 328 g/mol. The third-order valence-corrected chi connectivity index (χ3v) is 3.19. The van der Waals surface area contributed by atoms with Crippen molar-refractivity contribution in [3.63, 3.8) is 0 Å². The number of carbonyl (C=O) groups excluding carboxylic acids is 1. The van der Waals surface area contributed by atoms with Gasteiger partial charge in [0.2, 0.25) is 0 Å². The summed E-state index contributed by atoms with van der Waals surface area (Å²) in [5, 5.41) is 2.61. The Kier molecular flexibility index (Phi) is 6.67. The molecule has 0 spiro atoms. The standard InChI is InChI=1S/C15H24N2O4S/c1-15(2,3)21-14(18)17-7-8-20-13-6-5-12(16)9-11(13)10-22(4)19/h5-6,9H,7-8,10,16H2,1-4H3,(H,17,18). The largest absolute Gasteiger partial charge is 0.491 e. The van der Waals surface area contributed by atoms with Crippen LogP contribution in [0.3, 0.4) is 0 Å². The molecule has 0 heterocycles. The highest BCUT2D eigenvalue weighted by molar-refractivity contribution is 7.83. The van der Waals surface area contributed by atoms with Gasteiger partial charge < -0.3 is 20.5 Å². The molecule has 0 saturated heterocycles. The predicted molar refractivity (Wildman–Crippen MR) is 88.4 cm³/mol. The van der Waals surface area contributed by atoms with Crippen molar-refractivity contribution in [2.24, 2.45) is 0 Å². The molecule has 3 N–H and O–H groups in total. The van der Waals surface area contributed by atoms with Crippen LogP contribution in [0.5, 0.6) is 5.75 Å². The molecule has 6 nitrogen and oxygen atoms in total. The van der Waals surface area contributed by atoms with Gasteiger partial charge in [-0.1, -0.05) is 0 Å². The third-order valence-electron chi connectivity index (χ3n) is 2.47. The molecule has 0 aliphatic heterocycles. The summed E-state index contributed by atoms with van der Waals surface area (Å²) in [4.78, 5) is 11.5. The SMILES string of the molecule is CS(=O)Cc1cc(N)ccc1OCCNC(=O)OC(C)(C)C. The van der Waals surface area contributed by atoms with E-state index >= 15 is 0 Å². The first-order valence-corrected chi connectivity index (χ1v) is 8.68. The minimum atomic E-state index is -0.986. The van der Waals surface area contributed by atoms with Crippen molar-refractivity contribution in [3.05, 3.63) is 23.8 Å². The van der Waals surface area contributed by atoms with Crippen molar-refractivity contribution in [3.8, 4) is 5.75 Å². The van der Waals surface area contributed by atoms with Crippen molar-refractivity contribution < 1.29 is 18.5 Å². The third kappa shape index (κ3) is 7.31. The van der Waals surface area contributed by atoms with Crippen LogP contribution >= 0.6 is 0 Å². The molecule has 0 aliphatic rings. The van der Waals surface area contributed by atoms with Crippen molar-refractivity contribution >= 4 is 22.6 Å². The lowest BCUT2D eigenvalue weighted by atomic mass is 10.2. The predicted octanol–water partition coefficient (Wildman–Crippen LogP) is 2.05. The highest BCUT2D eigenvalue weighted by Crippen LogP contribution is 2.22. The van der Waals surface area contributed by atoms with Crippen molar-refractivity contribution in [2.75, 3.05) is 25.1 Å². The van der Waals surface area contributed by atoms with E-state index in [9.17, 15) is 9.00 Å². The summed E-state index contributed by atoms with van der Waals surface area (Å²) >= 11 is 0. The van der Waals surface area contributed by atoms with Crippen LogP contribution in [-0.2, 0) is 21.3 Å². The molecule has 0 saturated carbocycles. The van der Waals surface area contributed by atoms with Crippen LogP contribution < -0.4 is 15.8 Å². The number of nitrogen functional groups attached to an aromatic ring is 1. The number of nitrogens with two attached hydrogens (primary N) is 1. The van der Waals surface area contributed by atoms with E-state index in [1.807, 2.05) is 0 Å². The Labute approximate surface area is 133 Å². The maximum Gasteiger partial charge on any atom is 0.407 e. The van der Waals surface area contributed by atoms with Gasteiger partial charge >= 0.3 is 6.09 Å². The first kappa shape index (κ1) is 18.3. The van der Waals surface area contributed by atoms with Gasteiger partial charge in [-0.05, 0) is 39.0 Å². The van der Waals surface area contributed by atoms with Crippen LogP contribution in [0.2, 0.25) is 0 Å². The minimum absolute atomic E-state index is 0.284. The number of benzene rings is 1. The summed E-state index contributed by atoms with van der Waals surface area (Å²) in [6.07, 6.45) is 1.14. The first-order chi connectivity index (χ1) is 10.2. The van der Waals surface area contributed by atoms with E-state index in [1.165, 1.54) is 0 Å². The molecule has 1 rings (SSSR count). The summed E-state index contributed by atoms with van der Waals surface area (Å²) in [7, 11) is -0.986. The Morgan fingerprint density at radius 1 is 1.36 bits per heavy atom. The molecular weight excluding hydrogens is 304 g/mol. The zero-order valence-electron chi connectivity index (χ0n) is 13.5. The van der Waals surface area contributed by atoms with E-state index < -0.39 is 22.5 Å². The second kappa shape index (κ2) is 8.03. The van der Waals surface area contributed by atoms with E-state index in [4.69, 9.17) is 15.2 Å². The maximum absolute atomic E-state index is 11.5. The topological polar surface area (TPSA) is 90.7 Å². The van der Waals surface area contributed by atoms with E-state index in [2.05, 4.69) is 5.32 Å². The van der Waals surface area contributed by atoms with Crippen LogP contribution in [0, 0.1) is 0 Å². The second-order valence-electron chi connectivity index (χ2n) is 5.86. The number of rotatable bonds is 6. The molecule has 1 aromatic carbocycles. The molecule has 0 aliphatic carbocycles. The normalized spacial score (nSPS) is 12.5. The van der Waals surface area contributed by atoms with E-state index in [1.54, 1.807) is 45.2 Å². The van der Waals surface area contributed by atoms with E-state index in [-0.39, 0.29) is 6.61 Å². The van der Waals surface area contributed by atoms with Gasteiger partial charge in [-0.15, -0.1) is 0 Å². The summed E-state index contributed by atoms with van der Waals surface area (Å²) in [6.45, 7) is 6.00. The molecule has 7 heteroatoms. The van der Waals surface area contributed by atoms with E-state index in [0.29, 0.717) is 23.7 Å². The van der Waals surface area contributed by atoms with Crippen LogP contribution in [0.1, 0.15) is 26.3 Å². The van der Waals surface area contributed by atoms with Gasteiger partial charge in [0.25, 0.3) is 0 Å². The van der Waals surface area contributed by atoms with Gasteiger partial charge in [0, 0.05) is 28.3 Å². The number of amides is 1. The number of hydrogen-bond donors (Lipinski definition) is 2.